The van der Waals surface area contributed by atoms with Crippen molar-refractivity contribution < 1.29 is 14.2 Å². The molecule has 25 heavy (non-hydrogen) atoms. The summed E-state index contributed by atoms with van der Waals surface area (Å²) in [4.78, 5) is 27.0. The molecule has 1 aromatic heterocycles. The lowest BCUT2D eigenvalue weighted by atomic mass is 9.94. The number of hydrogen-bond acceptors (Lipinski definition) is 2. The zero-order valence-electron chi connectivity index (χ0n) is 13.9. The first kappa shape index (κ1) is 15.5. The number of carbonyl (C=O) groups is 2. The van der Waals surface area contributed by atoms with Crippen LogP contribution in [-0.2, 0) is 6.54 Å². The molecule has 0 fully saturated rings. The molecule has 4 heteroatoms. The van der Waals surface area contributed by atoms with E-state index in [4.69, 9.17) is 0 Å². The van der Waals surface area contributed by atoms with Gasteiger partial charge in [-0.2, -0.15) is 0 Å². The normalized spacial score (nSPS) is 13.5. The number of pyridine rings is 1. The minimum absolute atomic E-state index is 0.179. The molecule has 0 atom stereocenters. The first-order chi connectivity index (χ1) is 12.3. The number of unbranched alkanes of at least 4 members (excludes halogenated alkanes) is 1. The maximum atomic E-state index is 12.8. The summed E-state index contributed by atoms with van der Waals surface area (Å²) in [5.41, 5.74) is 1.26. The smallest absolute Gasteiger partial charge is 0.261 e. The number of benzene rings is 2. The van der Waals surface area contributed by atoms with Gasteiger partial charge < -0.3 is 0 Å². The SMILES string of the molecule is O=C1c2cccc3cccc(c23)C(=O)N1CCCC[n+]1ccccc1. The van der Waals surface area contributed by atoms with Crippen molar-refractivity contribution in [2.45, 2.75) is 19.4 Å². The molecule has 4 rings (SSSR count). The van der Waals surface area contributed by atoms with Crippen molar-refractivity contribution in [1.29, 1.82) is 0 Å². The fraction of sp³-hybridized carbons (Fsp3) is 0.190. The number of rotatable bonds is 5. The molecule has 124 valence electrons. The Morgan fingerprint density at radius 2 is 1.40 bits per heavy atom. The lowest BCUT2D eigenvalue weighted by Gasteiger charge is -2.27. The third-order valence-electron chi connectivity index (χ3n) is 4.68. The summed E-state index contributed by atoms with van der Waals surface area (Å²) in [5, 5.41) is 1.73. The van der Waals surface area contributed by atoms with Gasteiger partial charge in [0.1, 0.15) is 6.54 Å². The van der Waals surface area contributed by atoms with Crippen molar-refractivity contribution in [3.8, 4) is 0 Å². The second-order valence-corrected chi connectivity index (χ2v) is 6.29. The summed E-state index contributed by atoms with van der Waals surface area (Å²) in [6.45, 7) is 1.33. The monoisotopic (exact) mass is 331 g/mol. The summed E-state index contributed by atoms with van der Waals surface area (Å²) in [6, 6.07) is 17.2. The summed E-state index contributed by atoms with van der Waals surface area (Å²) >= 11 is 0. The van der Waals surface area contributed by atoms with Gasteiger partial charge in [0.15, 0.2) is 12.4 Å². The number of hydrogen-bond donors (Lipinski definition) is 0. The second kappa shape index (κ2) is 6.48. The average Bonchev–Trinajstić information content (AvgIpc) is 2.66. The van der Waals surface area contributed by atoms with Crippen LogP contribution in [0.1, 0.15) is 33.6 Å². The molecule has 2 heterocycles. The zero-order valence-corrected chi connectivity index (χ0v) is 13.9. The maximum absolute atomic E-state index is 12.8. The van der Waals surface area contributed by atoms with Gasteiger partial charge in [0.25, 0.3) is 11.8 Å². The fourth-order valence-corrected chi connectivity index (χ4v) is 3.43. The van der Waals surface area contributed by atoms with E-state index in [9.17, 15) is 9.59 Å². The highest BCUT2D eigenvalue weighted by Crippen LogP contribution is 2.29. The van der Waals surface area contributed by atoms with Crippen LogP contribution < -0.4 is 4.57 Å². The molecule has 3 aromatic rings. The van der Waals surface area contributed by atoms with Crippen LogP contribution in [-0.4, -0.2) is 23.3 Å². The molecule has 0 bridgehead atoms. The van der Waals surface area contributed by atoms with E-state index in [1.807, 2.05) is 67.0 Å². The van der Waals surface area contributed by atoms with Crippen molar-refractivity contribution >= 4 is 22.6 Å². The molecule has 0 N–H and O–H groups in total. The number of imide groups is 1. The molecule has 2 amide bonds. The molecule has 0 saturated carbocycles. The van der Waals surface area contributed by atoms with Gasteiger partial charge in [-0.05, 0) is 23.9 Å². The van der Waals surface area contributed by atoms with Gasteiger partial charge in [0.2, 0.25) is 0 Å². The Labute approximate surface area is 146 Å². The molecule has 0 unspecified atom stereocenters. The number of aromatic nitrogens is 1. The Morgan fingerprint density at radius 3 is 2.04 bits per heavy atom. The average molecular weight is 331 g/mol. The molecule has 0 saturated heterocycles. The molecule has 1 aliphatic heterocycles. The molecule has 1 aliphatic rings. The van der Waals surface area contributed by atoms with Crippen LogP contribution in [0.5, 0.6) is 0 Å². The summed E-state index contributed by atoms with van der Waals surface area (Å²) < 4.78 is 2.11. The Kier molecular flexibility index (Phi) is 4.02. The quantitative estimate of drug-likeness (QED) is 0.409. The summed E-state index contributed by atoms with van der Waals surface area (Å²) in [5.74, 6) is -0.358. The molecular weight excluding hydrogens is 312 g/mol. The lowest BCUT2D eigenvalue weighted by molar-refractivity contribution is -0.697. The van der Waals surface area contributed by atoms with E-state index in [0.29, 0.717) is 17.7 Å². The van der Waals surface area contributed by atoms with E-state index in [0.717, 1.165) is 30.2 Å². The van der Waals surface area contributed by atoms with E-state index in [1.165, 1.54) is 4.90 Å². The molecule has 4 nitrogen and oxygen atoms in total. The van der Waals surface area contributed by atoms with Crippen molar-refractivity contribution in [2.24, 2.45) is 0 Å². The van der Waals surface area contributed by atoms with Gasteiger partial charge in [-0.3, -0.25) is 14.5 Å². The van der Waals surface area contributed by atoms with Crippen LogP contribution in [0.15, 0.2) is 67.0 Å². The van der Waals surface area contributed by atoms with Gasteiger partial charge in [0, 0.05) is 41.6 Å². The van der Waals surface area contributed by atoms with Gasteiger partial charge in [-0.15, -0.1) is 0 Å². The number of nitrogens with zero attached hydrogens (tertiary/aromatic N) is 2. The highest BCUT2D eigenvalue weighted by Gasteiger charge is 2.32. The molecule has 0 radical (unpaired) electrons. The molecular formula is C21H19N2O2+. The summed E-state index contributed by atoms with van der Waals surface area (Å²) in [7, 11) is 0. The van der Waals surface area contributed by atoms with E-state index < -0.39 is 0 Å². The van der Waals surface area contributed by atoms with Gasteiger partial charge in [0.05, 0.1) is 0 Å². The Balaban J connectivity index is 1.50. The van der Waals surface area contributed by atoms with Crippen molar-refractivity contribution in [1.82, 2.24) is 4.90 Å². The minimum atomic E-state index is -0.179. The van der Waals surface area contributed by atoms with Crippen LogP contribution >= 0.6 is 0 Å². The number of aryl methyl sites for hydroxylation is 1. The highest BCUT2D eigenvalue weighted by molar-refractivity contribution is 6.25. The number of carbonyl (C=O) groups excluding carboxylic acids is 2. The van der Waals surface area contributed by atoms with Crippen LogP contribution in [0.4, 0.5) is 0 Å². The van der Waals surface area contributed by atoms with Gasteiger partial charge >= 0.3 is 0 Å². The highest BCUT2D eigenvalue weighted by atomic mass is 16.2. The third kappa shape index (κ3) is 2.80. The van der Waals surface area contributed by atoms with E-state index in [-0.39, 0.29) is 11.8 Å². The topological polar surface area (TPSA) is 41.3 Å². The van der Waals surface area contributed by atoms with Crippen molar-refractivity contribution in [2.75, 3.05) is 6.54 Å². The van der Waals surface area contributed by atoms with Gasteiger partial charge in [-0.25, -0.2) is 4.57 Å². The van der Waals surface area contributed by atoms with Crippen molar-refractivity contribution in [3.63, 3.8) is 0 Å². The Hall–Kier alpha value is -3.01. The van der Waals surface area contributed by atoms with Crippen LogP contribution in [0.2, 0.25) is 0 Å². The predicted molar refractivity (Wildman–Crippen MR) is 95.2 cm³/mol. The predicted octanol–water partition coefficient (Wildman–Crippen LogP) is 3.20. The fourth-order valence-electron chi connectivity index (χ4n) is 3.43. The standard InChI is InChI=1S/C21H19N2O2/c24-20-17-10-6-8-16-9-7-11-18(19(16)17)21(25)23(20)15-5-4-14-22-12-2-1-3-13-22/h1-3,6-13H,4-5,14-15H2/q+1. The Bertz CT molecular complexity index is 900. The number of amides is 2. The first-order valence-electron chi connectivity index (χ1n) is 8.58. The van der Waals surface area contributed by atoms with Crippen LogP contribution in [0.3, 0.4) is 0 Å². The van der Waals surface area contributed by atoms with E-state index in [1.54, 1.807) is 0 Å². The molecule has 0 aliphatic carbocycles. The largest absolute Gasteiger partial charge is 0.274 e. The zero-order chi connectivity index (χ0) is 17.2. The van der Waals surface area contributed by atoms with Crippen LogP contribution in [0, 0.1) is 0 Å². The van der Waals surface area contributed by atoms with E-state index in [2.05, 4.69) is 4.57 Å². The lowest BCUT2D eigenvalue weighted by Crippen LogP contribution is -2.41. The first-order valence-corrected chi connectivity index (χ1v) is 8.58. The van der Waals surface area contributed by atoms with E-state index >= 15 is 0 Å². The molecule has 0 spiro atoms. The van der Waals surface area contributed by atoms with Crippen LogP contribution in [0.25, 0.3) is 10.8 Å². The second-order valence-electron chi connectivity index (χ2n) is 6.29. The maximum Gasteiger partial charge on any atom is 0.261 e. The summed E-state index contributed by atoms with van der Waals surface area (Å²) in [6.07, 6.45) is 5.75. The molecule has 2 aromatic carbocycles. The minimum Gasteiger partial charge on any atom is -0.274 e. The van der Waals surface area contributed by atoms with Gasteiger partial charge in [-0.1, -0.05) is 30.3 Å². The Morgan fingerprint density at radius 1 is 0.760 bits per heavy atom. The van der Waals surface area contributed by atoms with Crippen molar-refractivity contribution in [3.05, 3.63) is 78.1 Å². The third-order valence-corrected chi connectivity index (χ3v) is 4.68.